The van der Waals surface area contributed by atoms with E-state index in [2.05, 4.69) is 25.7 Å². The summed E-state index contributed by atoms with van der Waals surface area (Å²) in [5.74, 6) is 6.43. The Kier molecular flexibility index (Phi) is 6.85. The molecular formula is C16H28O3. The van der Waals surface area contributed by atoms with E-state index in [0.717, 1.165) is 12.8 Å². The van der Waals surface area contributed by atoms with E-state index < -0.39 is 11.9 Å². The molecule has 0 aromatic heterocycles. The summed E-state index contributed by atoms with van der Waals surface area (Å²) in [5.41, 5.74) is -0.914. The van der Waals surface area contributed by atoms with Gasteiger partial charge in [-0.2, -0.15) is 0 Å². The first-order valence-corrected chi connectivity index (χ1v) is 7.52. The number of hydrogen-bond donors (Lipinski definition) is 1. The van der Waals surface area contributed by atoms with Crippen molar-refractivity contribution >= 4 is 0 Å². The van der Waals surface area contributed by atoms with E-state index >= 15 is 0 Å². The molecule has 1 N–H and O–H groups in total. The molecule has 0 radical (unpaired) electrons. The lowest BCUT2D eigenvalue weighted by molar-refractivity contribution is -0.0977. The summed E-state index contributed by atoms with van der Waals surface area (Å²) in [6, 6.07) is 0. The molecule has 0 heterocycles. The summed E-state index contributed by atoms with van der Waals surface area (Å²) < 4.78 is 10.8. The minimum absolute atomic E-state index is 0.196. The van der Waals surface area contributed by atoms with Crippen molar-refractivity contribution in [2.75, 3.05) is 13.2 Å². The van der Waals surface area contributed by atoms with Crippen LogP contribution in [-0.4, -0.2) is 30.2 Å². The van der Waals surface area contributed by atoms with Gasteiger partial charge >= 0.3 is 0 Å². The molecule has 3 nitrogen and oxygen atoms in total. The number of rotatable bonds is 4. The van der Waals surface area contributed by atoms with Crippen LogP contribution in [0.2, 0.25) is 0 Å². The molecule has 0 amide bonds. The SMILES string of the molecule is CCOC(C#CC1(O)C(C)CCCCC1C)OCC. The average Bonchev–Trinajstić information content (AvgIpc) is 2.51. The van der Waals surface area contributed by atoms with E-state index in [4.69, 9.17) is 9.47 Å². The van der Waals surface area contributed by atoms with Gasteiger partial charge in [-0.05, 0) is 44.4 Å². The Morgan fingerprint density at radius 1 is 1.11 bits per heavy atom. The van der Waals surface area contributed by atoms with Crippen LogP contribution in [0.25, 0.3) is 0 Å². The molecule has 1 saturated carbocycles. The van der Waals surface area contributed by atoms with Crippen molar-refractivity contribution in [2.24, 2.45) is 11.8 Å². The Labute approximate surface area is 117 Å². The Hall–Kier alpha value is -0.560. The molecule has 2 atom stereocenters. The van der Waals surface area contributed by atoms with Crippen LogP contribution in [0.15, 0.2) is 0 Å². The van der Waals surface area contributed by atoms with Crippen LogP contribution in [0, 0.1) is 23.7 Å². The van der Waals surface area contributed by atoms with Gasteiger partial charge in [0.25, 0.3) is 0 Å². The zero-order valence-electron chi connectivity index (χ0n) is 12.7. The molecule has 110 valence electrons. The highest BCUT2D eigenvalue weighted by Crippen LogP contribution is 2.36. The lowest BCUT2D eigenvalue weighted by Gasteiger charge is -2.33. The van der Waals surface area contributed by atoms with E-state index in [0.29, 0.717) is 13.2 Å². The highest BCUT2D eigenvalue weighted by Gasteiger charge is 2.39. The van der Waals surface area contributed by atoms with Gasteiger partial charge in [-0.15, -0.1) is 0 Å². The Morgan fingerprint density at radius 3 is 2.00 bits per heavy atom. The number of aliphatic hydroxyl groups is 1. The maximum Gasteiger partial charge on any atom is 0.222 e. The van der Waals surface area contributed by atoms with Crippen LogP contribution in [0.1, 0.15) is 53.4 Å². The van der Waals surface area contributed by atoms with Crippen molar-refractivity contribution in [3.8, 4) is 11.8 Å². The molecule has 2 unspecified atom stereocenters. The second-order valence-corrected chi connectivity index (χ2v) is 5.42. The average molecular weight is 268 g/mol. The third kappa shape index (κ3) is 4.49. The minimum Gasteiger partial charge on any atom is -0.377 e. The van der Waals surface area contributed by atoms with Crippen LogP contribution in [-0.2, 0) is 9.47 Å². The molecule has 0 aromatic carbocycles. The molecule has 3 heteroatoms. The molecule has 1 rings (SSSR count). The molecule has 0 aromatic rings. The Balaban J connectivity index is 2.84. The molecule has 1 aliphatic rings. The second-order valence-electron chi connectivity index (χ2n) is 5.42. The number of ether oxygens (including phenoxy) is 2. The summed E-state index contributed by atoms with van der Waals surface area (Å²) in [5, 5.41) is 10.9. The van der Waals surface area contributed by atoms with Crippen LogP contribution in [0.5, 0.6) is 0 Å². The summed E-state index contributed by atoms with van der Waals surface area (Å²) in [6.07, 6.45) is 3.89. The van der Waals surface area contributed by atoms with Crippen molar-refractivity contribution in [3.05, 3.63) is 0 Å². The van der Waals surface area contributed by atoms with Gasteiger partial charge in [-0.25, -0.2) is 0 Å². The van der Waals surface area contributed by atoms with Crippen LogP contribution in [0.4, 0.5) is 0 Å². The maximum atomic E-state index is 10.9. The van der Waals surface area contributed by atoms with Gasteiger partial charge in [0.1, 0.15) is 5.60 Å². The summed E-state index contributed by atoms with van der Waals surface area (Å²) >= 11 is 0. The zero-order valence-corrected chi connectivity index (χ0v) is 12.7. The molecule has 0 aliphatic heterocycles. The topological polar surface area (TPSA) is 38.7 Å². The largest absolute Gasteiger partial charge is 0.377 e. The van der Waals surface area contributed by atoms with E-state index in [1.165, 1.54) is 12.8 Å². The van der Waals surface area contributed by atoms with Gasteiger partial charge in [0.15, 0.2) is 0 Å². The van der Waals surface area contributed by atoms with Gasteiger partial charge in [-0.3, -0.25) is 0 Å². The van der Waals surface area contributed by atoms with Gasteiger partial charge in [0.2, 0.25) is 6.29 Å². The summed E-state index contributed by atoms with van der Waals surface area (Å²) in [7, 11) is 0. The molecule has 19 heavy (non-hydrogen) atoms. The lowest BCUT2D eigenvalue weighted by Crippen LogP contribution is -2.41. The molecule has 1 fully saturated rings. The summed E-state index contributed by atoms with van der Waals surface area (Å²) in [6.45, 7) is 9.13. The second kappa shape index (κ2) is 7.89. The Morgan fingerprint density at radius 2 is 1.58 bits per heavy atom. The lowest BCUT2D eigenvalue weighted by atomic mass is 9.78. The fraction of sp³-hybridized carbons (Fsp3) is 0.875. The molecule has 0 saturated heterocycles. The van der Waals surface area contributed by atoms with Crippen molar-refractivity contribution in [3.63, 3.8) is 0 Å². The highest BCUT2D eigenvalue weighted by molar-refractivity contribution is 5.19. The van der Waals surface area contributed by atoms with Crippen molar-refractivity contribution in [1.29, 1.82) is 0 Å². The van der Waals surface area contributed by atoms with Gasteiger partial charge in [0.05, 0.1) is 0 Å². The molecule has 0 spiro atoms. The van der Waals surface area contributed by atoms with E-state index in [-0.39, 0.29) is 11.8 Å². The molecule has 0 bridgehead atoms. The standard InChI is InChI=1S/C16H28O3/c1-5-18-15(19-6-2)11-12-16(17)13(3)9-7-8-10-14(16)4/h13-15,17H,5-10H2,1-4H3. The first-order valence-electron chi connectivity index (χ1n) is 7.52. The zero-order chi connectivity index (χ0) is 14.3. The first kappa shape index (κ1) is 16.5. The first-order chi connectivity index (χ1) is 9.04. The normalized spacial score (nSPS) is 31.7. The van der Waals surface area contributed by atoms with Gasteiger partial charge in [-0.1, -0.05) is 32.6 Å². The molecular weight excluding hydrogens is 240 g/mol. The third-order valence-corrected chi connectivity index (χ3v) is 4.05. The quantitative estimate of drug-likeness (QED) is 0.484. The van der Waals surface area contributed by atoms with Crippen LogP contribution < -0.4 is 0 Å². The fourth-order valence-corrected chi connectivity index (χ4v) is 2.68. The highest BCUT2D eigenvalue weighted by atomic mass is 16.7. The van der Waals surface area contributed by atoms with Crippen LogP contribution >= 0.6 is 0 Å². The summed E-state index contributed by atoms with van der Waals surface area (Å²) in [4.78, 5) is 0. The van der Waals surface area contributed by atoms with Gasteiger partial charge < -0.3 is 14.6 Å². The van der Waals surface area contributed by atoms with E-state index in [1.54, 1.807) is 0 Å². The van der Waals surface area contributed by atoms with E-state index in [9.17, 15) is 5.11 Å². The van der Waals surface area contributed by atoms with Crippen LogP contribution in [0.3, 0.4) is 0 Å². The molecule has 1 aliphatic carbocycles. The Bertz CT molecular complexity index is 298. The monoisotopic (exact) mass is 268 g/mol. The van der Waals surface area contributed by atoms with Crippen molar-refractivity contribution in [1.82, 2.24) is 0 Å². The van der Waals surface area contributed by atoms with Crippen molar-refractivity contribution < 1.29 is 14.6 Å². The predicted molar refractivity (Wildman–Crippen MR) is 76.6 cm³/mol. The third-order valence-electron chi connectivity index (χ3n) is 4.05. The van der Waals surface area contributed by atoms with Gasteiger partial charge in [0, 0.05) is 13.2 Å². The predicted octanol–water partition coefficient (Wildman–Crippen LogP) is 2.97. The minimum atomic E-state index is -0.914. The smallest absolute Gasteiger partial charge is 0.222 e. The maximum absolute atomic E-state index is 10.9. The fourth-order valence-electron chi connectivity index (χ4n) is 2.68. The van der Waals surface area contributed by atoms with E-state index in [1.807, 2.05) is 13.8 Å². The van der Waals surface area contributed by atoms with Crippen molar-refractivity contribution in [2.45, 2.75) is 65.3 Å². The number of hydrogen-bond acceptors (Lipinski definition) is 3.